The molecule has 0 amide bonds. The molecule has 1 heterocycles. The Kier molecular flexibility index (Phi) is 5.50. The average Bonchev–Trinajstić information content (AvgIpc) is 2.32. The van der Waals surface area contributed by atoms with E-state index in [9.17, 15) is 0 Å². The predicted molar refractivity (Wildman–Crippen MR) is 78.8 cm³/mol. The fourth-order valence-electron chi connectivity index (χ4n) is 3.66. The molecule has 0 aromatic heterocycles. The first-order valence-corrected chi connectivity index (χ1v) is 8.09. The van der Waals surface area contributed by atoms with Crippen molar-refractivity contribution in [3.63, 3.8) is 0 Å². The van der Waals surface area contributed by atoms with Crippen LogP contribution in [0.3, 0.4) is 0 Å². The number of hydrogen-bond donors (Lipinski definition) is 1. The average molecular weight is 252 g/mol. The van der Waals surface area contributed by atoms with Gasteiger partial charge < -0.3 is 10.2 Å². The van der Waals surface area contributed by atoms with Crippen molar-refractivity contribution in [3.8, 4) is 0 Å². The number of rotatable bonds is 4. The molecular formula is C16H32N2. The summed E-state index contributed by atoms with van der Waals surface area (Å²) >= 11 is 0. The number of piperazine rings is 1. The summed E-state index contributed by atoms with van der Waals surface area (Å²) in [6, 6.07) is 0.737. The Labute approximate surface area is 114 Å². The van der Waals surface area contributed by atoms with E-state index in [1.807, 2.05) is 0 Å². The van der Waals surface area contributed by atoms with Gasteiger partial charge in [0.25, 0.3) is 0 Å². The maximum absolute atomic E-state index is 3.68. The highest BCUT2D eigenvalue weighted by Crippen LogP contribution is 2.29. The monoisotopic (exact) mass is 252 g/mol. The maximum atomic E-state index is 3.68. The summed E-state index contributed by atoms with van der Waals surface area (Å²) in [5.41, 5.74) is 0. The molecule has 0 radical (unpaired) electrons. The highest BCUT2D eigenvalue weighted by Gasteiger charge is 2.24. The number of nitrogens with zero attached hydrogens (tertiary/aromatic N) is 1. The van der Waals surface area contributed by atoms with Crippen LogP contribution in [0.4, 0.5) is 0 Å². The van der Waals surface area contributed by atoms with E-state index in [0.29, 0.717) is 0 Å². The molecule has 0 aromatic rings. The lowest BCUT2D eigenvalue weighted by molar-refractivity contribution is 0.140. The molecule has 2 aliphatic rings. The summed E-state index contributed by atoms with van der Waals surface area (Å²) in [6.45, 7) is 12.2. The lowest BCUT2D eigenvalue weighted by Gasteiger charge is -2.38. The molecule has 0 spiro atoms. The second-order valence-electron chi connectivity index (χ2n) is 7.17. The Morgan fingerprint density at radius 1 is 1.17 bits per heavy atom. The van der Waals surface area contributed by atoms with Crippen LogP contribution < -0.4 is 5.32 Å². The van der Waals surface area contributed by atoms with E-state index >= 15 is 0 Å². The zero-order valence-electron chi connectivity index (χ0n) is 12.6. The minimum absolute atomic E-state index is 0.737. The molecule has 2 nitrogen and oxygen atoms in total. The van der Waals surface area contributed by atoms with Crippen LogP contribution in [-0.2, 0) is 0 Å². The van der Waals surface area contributed by atoms with E-state index in [2.05, 4.69) is 31.0 Å². The minimum Gasteiger partial charge on any atom is -0.311 e. The third-order valence-corrected chi connectivity index (χ3v) is 4.75. The standard InChI is InChI=1S/C16H32N2/c1-13(2)10-16-12-18(9-8-17-16)11-15-6-4-14(3)5-7-15/h13-17H,4-12H2,1-3H3. The summed E-state index contributed by atoms with van der Waals surface area (Å²) in [4.78, 5) is 2.73. The second-order valence-corrected chi connectivity index (χ2v) is 7.17. The van der Waals surface area contributed by atoms with Gasteiger partial charge >= 0.3 is 0 Å². The van der Waals surface area contributed by atoms with Gasteiger partial charge in [-0.2, -0.15) is 0 Å². The first-order valence-electron chi connectivity index (χ1n) is 8.09. The van der Waals surface area contributed by atoms with Gasteiger partial charge in [-0.15, -0.1) is 0 Å². The molecule has 0 aromatic carbocycles. The van der Waals surface area contributed by atoms with Gasteiger partial charge in [0.05, 0.1) is 0 Å². The minimum atomic E-state index is 0.737. The van der Waals surface area contributed by atoms with Crippen LogP contribution in [0.25, 0.3) is 0 Å². The van der Waals surface area contributed by atoms with Gasteiger partial charge in [-0.1, -0.05) is 33.6 Å². The third-order valence-electron chi connectivity index (χ3n) is 4.75. The van der Waals surface area contributed by atoms with Gasteiger partial charge in [0.15, 0.2) is 0 Å². The Hall–Kier alpha value is -0.0800. The smallest absolute Gasteiger partial charge is 0.0198 e. The summed E-state index contributed by atoms with van der Waals surface area (Å²) < 4.78 is 0. The van der Waals surface area contributed by atoms with E-state index in [4.69, 9.17) is 0 Å². The van der Waals surface area contributed by atoms with Crippen LogP contribution in [-0.4, -0.2) is 37.1 Å². The van der Waals surface area contributed by atoms with Crippen LogP contribution in [0.1, 0.15) is 52.9 Å². The summed E-state index contributed by atoms with van der Waals surface area (Å²) in [5, 5.41) is 3.68. The fraction of sp³-hybridized carbons (Fsp3) is 1.00. The normalized spacial score (nSPS) is 35.0. The van der Waals surface area contributed by atoms with Crippen molar-refractivity contribution in [2.24, 2.45) is 17.8 Å². The molecule has 2 fully saturated rings. The van der Waals surface area contributed by atoms with Gasteiger partial charge in [-0.3, -0.25) is 0 Å². The van der Waals surface area contributed by atoms with E-state index < -0.39 is 0 Å². The van der Waals surface area contributed by atoms with Crippen molar-refractivity contribution in [2.75, 3.05) is 26.2 Å². The molecule has 1 saturated heterocycles. The van der Waals surface area contributed by atoms with Crippen LogP contribution >= 0.6 is 0 Å². The van der Waals surface area contributed by atoms with Crippen LogP contribution in [0.5, 0.6) is 0 Å². The van der Waals surface area contributed by atoms with E-state index in [1.54, 1.807) is 0 Å². The van der Waals surface area contributed by atoms with Gasteiger partial charge in [-0.25, -0.2) is 0 Å². The molecule has 18 heavy (non-hydrogen) atoms. The van der Waals surface area contributed by atoms with Gasteiger partial charge in [0.2, 0.25) is 0 Å². The van der Waals surface area contributed by atoms with E-state index in [1.165, 1.54) is 58.3 Å². The van der Waals surface area contributed by atoms with Crippen LogP contribution in [0.15, 0.2) is 0 Å². The van der Waals surface area contributed by atoms with Crippen molar-refractivity contribution in [1.29, 1.82) is 0 Å². The Morgan fingerprint density at radius 3 is 2.56 bits per heavy atom. The molecule has 1 N–H and O–H groups in total. The van der Waals surface area contributed by atoms with Crippen LogP contribution in [0.2, 0.25) is 0 Å². The molecule has 1 unspecified atom stereocenters. The first kappa shape index (κ1) is 14.3. The molecule has 1 aliphatic carbocycles. The molecule has 1 aliphatic heterocycles. The molecule has 1 saturated carbocycles. The Balaban J connectivity index is 1.72. The zero-order valence-corrected chi connectivity index (χ0v) is 12.6. The van der Waals surface area contributed by atoms with Crippen molar-refractivity contribution < 1.29 is 0 Å². The predicted octanol–water partition coefficient (Wildman–Crippen LogP) is 3.13. The van der Waals surface area contributed by atoms with Crippen molar-refractivity contribution in [1.82, 2.24) is 10.2 Å². The Morgan fingerprint density at radius 2 is 1.89 bits per heavy atom. The zero-order chi connectivity index (χ0) is 13.0. The van der Waals surface area contributed by atoms with Gasteiger partial charge in [0.1, 0.15) is 0 Å². The van der Waals surface area contributed by atoms with Crippen molar-refractivity contribution in [2.45, 2.75) is 58.9 Å². The molecular weight excluding hydrogens is 220 g/mol. The lowest BCUT2D eigenvalue weighted by Crippen LogP contribution is -2.52. The molecule has 0 bridgehead atoms. The SMILES string of the molecule is CC(C)CC1CN(CC2CCC(C)CC2)CCN1. The maximum Gasteiger partial charge on any atom is 0.0198 e. The summed E-state index contributed by atoms with van der Waals surface area (Å²) in [5.74, 6) is 2.79. The third kappa shape index (κ3) is 4.55. The van der Waals surface area contributed by atoms with Gasteiger partial charge in [0, 0.05) is 32.2 Å². The van der Waals surface area contributed by atoms with Gasteiger partial charge in [-0.05, 0) is 37.0 Å². The first-order chi connectivity index (χ1) is 8.63. The summed E-state index contributed by atoms with van der Waals surface area (Å²) in [6.07, 6.45) is 7.20. The lowest BCUT2D eigenvalue weighted by atomic mass is 9.82. The topological polar surface area (TPSA) is 15.3 Å². The van der Waals surface area contributed by atoms with Crippen LogP contribution in [0, 0.1) is 17.8 Å². The number of hydrogen-bond acceptors (Lipinski definition) is 2. The highest BCUT2D eigenvalue weighted by atomic mass is 15.2. The molecule has 2 rings (SSSR count). The van der Waals surface area contributed by atoms with Crippen molar-refractivity contribution >= 4 is 0 Å². The second kappa shape index (κ2) is 6.91. The van der Waals surface area contributed by atoms with E-state index in [0.717, 1.165) is 23.8 Å². The highest BCUT2D eigenvalue weighted by molar-refractivity contribution is 4.82. The summed E-state index contributed by atoms with van der Waals surface area (Å²) in [7, 11) is 0. The largest absolute Gasteiger partial charge is 0.311 e. The molecule has 2 heteroatoms. The molecule has 106 valence electrons. The quantitative estimate of drug-likeness (QED) is 0.827. The molecule has 1 atom stereocenters. The van der Waals surface area contributed by atoms with E-state index in [-0.39, 0.29) is 0 Å². The Bertz CT molecular complexity index is 231. The fourth-order valence-corrected chi connectivity index (χ4v) is 3.66. The van der Waals surface area contributed by atoms with Crippen molar-refractivity contribution in [3.05, 3.63) is 0 Å². The number of nitrogens with one attached hydrogen (secondary N) is 1.